The number of carbonyl (C=O) groups excluding carboxylic acids is 1. The first-order valence-electron chi connectivity index (χ1n) is 8.11. The third-order valence-electron chi connectivity index (χ3n) is 3.74. The molecule has 26 heavy (non-hydrogen) atoms. The molecule has 0 unspecified atom stereocenters. The molecule has 0 saturated heterocycles. The number of ether oxygens (including phenoxy) is 1. The third-order valence-corrected chi connectivity index (χ3v) is 6.46. The minimum Gasteiger partial charge on any atom is -0.494 e. The lowest BCUT2D eigenvalue weighted by Gasteiger charge is -2.08. The highest BCUT2D eigenvalue weighted by molar-refractivity contribution is 7.91. The van der Waals surface area contributed by atoms with Gasteiger partial charge in [-0.3, -0.25) is 10.1 Å². The molecule has 0 fully saturated rings. The molecule has 0 radical (unpaired) electrons. The molecule has 0 atom stereocenters. The van der Waals surface area contributed by atoms with Gasteiger partial charge in [0.2, 0.25) is 0 Å². The van der Waals surface area contributed by atoms with Gasteiger partial charge in [-0.25, -0.2) is 13.4 Å². The van der Waals surface area contributed by atoms with Crippen molar-refractivity contribution in [2.24, 2.45) is 0 Å². The number of nitrogens with one attached hydrogen (secondary N) is 1. The van der Waals surface area contributed by atoms with Gasteiger partial charge < -0.3 is 4.74 Å². The summed E-state index contributed by atoms with van der Waals surface area (Å²) in [7, 11) is -3.50. The number of thiazole rings is 1. The van der Waals surface area contributed by atoms with Crippen molar-refractivity contribution in [2.75, 3.05) is 17.7 Å². The van der Waals surface area contributed by atoms with Crippen molar-refractivity contribution in [2.45, 2.75) is 18.7 Å². The Balaban J connectivity index is 1.90. The normalized spacial score (nSPS) is 11.5. The Morgan fingerprint density at radius 3 is 2.69 bits per heavy atom. The van der Waals surface area contributed by atoms with E-state index >= 15 is 0 Å². The molecule has 136 valence electrons. The topological polar surface area (TPSA) is 85.4 Å². The number of rotatable bonds is 6. The van der Waals surface area contributed by atoms with Gasteiger partial charge in [0.05, 0.1) is 33.0 Å². The van der Waals surface area contributed by atoms with Crippen LogP contribution in [0.1, 0.15) is 24.2 Å². The number of hydrogen-bond acceptors (Lipinski definition) is 6. The minimum absolute atomic E-state index is 0.0275. The zero-order valence-electron chi connectivity index (χ0n) is 14.4. The average Bonchev–Trinajstić information content (AvgIpc) is 3.03. The van der Waals surface area contributed by atoms with Crippen LogP contribution >= 0.6 is 11.3 Å². The van der Waals surface area contributed by atoms with Crippen molar-refractivity contribution < 1.29 is 17.9 Å². The number of aromatic nitrogens is 1. The molecule has 1 heterocycles. The van der Waals surface area contributed by atoms with Gasteiger partial charge in [-0.2, -0.15) is 0 Å². The number of anilines is 1. The van der Waals surface area contributed by atoms with Gasteiger partial charge in [0, 0.05) is 0 Å². The fourth-order valence-electron chi connectivity index (χ4n) is 2.46. The predicted octanol–water partition coefficient (Wildman–Crippen LogP) is 3.74. The Bertz CT molecular complexity index is 1060. The quantitative estimate of drug-likeness (QED) is 0.693. The number of benzene rings is 2. The Kier molecular flexibility index (Phi) is 5.24. The average molecular weight is 390 g/mol. The number of carbonyl (C=O) groups is 1. The molecular weight excluding hydrogens is 372 g/mol. The van der Waals surface area contributed by atoms with E-state index in [0.717, 1.165) is 16.0 Å². The van der Waals surface area contributed by atoms with E-state index in [1.54, 1.807) is 19.1 Å². The number of amides is 1. The van der Waals surface area contributed by atoms with Crippen LogP contribution in [0, 0.1) is 0 Å². The molecule has 1 N–H and O–H groups in total. The molecule has 0 spiro atoms. The van der Waals surface area contributed by atoms with E-state index < -0.39 is 15.7 Å². The van der Waals surface area contributed by atoms with Crippen molar-refractivity contribution in [3.8, 4) is 5.75 Å². The maximum Gasteiger partial charge on any atom is 0.258 e. The van der Waals surface area contributed by atoms with Crippen LogP contribution in [0.25, 0.3) is 10.2 Å². The Hall–Kier alpha value is -2.45. The van der Waals surface area contributed by atoms with Gasteiger partial charge in [-0.05, 0) is 37.3 Å². The smallest absolute Gasteiger partial charge is 0.258 e. The van der Waals surface area contributed by atoms with E-state index in [0.29, 0.717) is 11.7 Å². The van der Waals surface area contributed by atoms with E-state index in [4.69, 9.17) is 4.74 Å². The lowest BCUT2D eigenvalue weighted by Crippen LogP contribution is -2.17. The molecule has 0 bridgehead atoms. The molecule has 0 aliphatic heterocycles. The molecule has 0 aliphatic rings. The largest absolute Gasteiger partial charge is 0.494 e. The van der Waals surface area contributed by atoms with Gasteiger partial charge in [-0.1, -0.05) is 30.4 Å². The highest BCUT2D eigenvalue weighted by Gasteiger charge is 2.21. The second kappa shape index (κ2) is 7.43. The van der Waals surface area contributed by atoms with E-state index in [1.165, 1.54) is 23.5 Å². The first-order valence-corrected chi connectivity index (χ1v) is 10.6. The number of hydrogen-bond donors (Lipinski definition) is 1. The molecule has 0 saturated carbocycles. The number of fused-ring (bicyclic) bond motifs is 1. The summed E-state index contributed by atoms with van der Waals surface area (Å²) in [5.74, 6) is 0.168. The summed E-state index contributed by atoms with van der Waals surface area (Å²) < 4.78 is 30.8. The zero-order chi connectivity index (χ0) is 18.7. The van der Waals surface area contributed by atoms with Gasteiger partial charge >= 0.3 is 0 Å². The molecule has 6 nitrogen and oxygen atoms in total. The van der Waals surface area contributed by atoms with E-state index in [1.807, 2.05) is 25.1 Å². The van der Waals surface area contributed by atoms with Crippen molar-refractivity contribution in [3.05, 3.63) is 48.0 Å². The first kappa shape index (κ1) is 18.3. The fraction of sp³-hybridized carbons (Fsp3) is 0.222. The van der Waals surface area contributed by atoms with Crippen LogP contribution in [0.3, 0.4) is 0 Å². The number of sulfone groups is 1. The van der Waals surface area contributed by atoms with Gasteiger partial charge in [0.1, 0.15) is 5.75 Å². The zero-order valence-corrected chi connectivity index (χ0v) is 16.0. The summed E-state index contributed by atoms with van der Waals surface area (Å²) >= 11 is 1.31. The van der Waals surface area contributed by atoms with Crippen molar-refractivity contribution in [1.82, 2.24) is 4.98 Å². The van der Waals surface area contributed by atoms with Crippen LogP contribution in [0.2, 0.25) is 0 Å². The SMILES string of the molecule is CCOc1ccc2nc(NC(=O)c3ccccc3S(=O)(=O)CC)sc2c1. The number of nitrogens with zero attached hydrogens (tertiary/aromatic N) is 1. The summed E-state index contributed by atoms with van der Waals surface area (Å²) in [5, 5.41) is 3.10. The predicted molar refractivity (Wildman–Crippen MR) is 103 cm³/mol. The summed E-state index contributed by atoms with van der Waals surface area (Å²) in [4.78, 5) is 17.0. The second-order valence-corrected chi connectivity index (χ2v) is 8.71. The highest BCUT2D eigenvalue weighted by Crippen LogP contribution is 2.30. The first-order chi connectivity index (χ1) is 12.4. The summed E-state index contributed by atoms with van der Waals surface area (Å²) in [6, 6.07) is 11.7. The van der Waals surface area contributed by atoms with E-state index in [2.05, 4.69) is 10.3 Å². The highest BCUT2D eigenvalue weighted by atomic mass is 32.2. The summed E-state index contributed by atoms with van der Waals surface area (Å²) in [5.41, 5.74) is 0.854. The summed E-state index contributed by atoms with van der Waals surface area (Å²) in [6.45, 7) is 4.02. The molecule has 1 amide bonds. The lowest BCUT2D eigenvalue weighted by atomic mass is 10.2. The Morgan fingerprint density at radius 1 is 1.19 bits per heavy atom. The molecule has 3 aromatic rings. The van der Waals surface area contributed by atoms with Crippen LogP contribution in [0.4, 0.5) is 5.13 Å². The lowest BCUT2D eigenvalue weighted by molar-refractivity contribution is 0.102. The van der Waals surface area contributed by atoms with Gasteiger partial charge in [-0.15, -0.1) is 0 Å². The summed E-state index contributed by atoms with van der Waals surface area (Å²) in [6.07, 6.45) is 0. The third kappa shape index (κ3) is 3.71. The fourth-order valence-corrected chi connectivity index (χ4v) is 4.44. The Morgan fingerprint density at radius 2 is 1.96 bits per heavy atom. The van der Waals surface area contributed by atoms with Crippen molar-refractivity contribution in [1.29, 1.82) is 0 Å². The maximum absolute atomic E-state index is 12.6. The minimum atomic E-state index is -3.50. The van der Waals surface area contributed by atoms with Gasteiger partial charge in [0.15, 0.2) is 15.0 Å². The molecule has 2 aromatic carbocycles. The molecular formula is C18H18N2O4S2. The van der Waals surface area contributed by atoms with Crippen LogP contribution < -0.4 is 10.1 Å². The van der Waals surface area contributed by atoms with Crippen molar-refractivity contribution >= 4 is 42.4 Å². The van der Waals surface area contributed by atoms with Crippen molar-refractivity contribution in [3.63, 3.8) is 0 Å². The van der Waals surface area contributed by atoms with Crippen LogP contribution in [0.15, 0.2) is 47.4 Å². The van der Waals surface area contributed by atoms with Crippen LogP contribution in [0.5, 0.6) is 5.75 Å². The van der Waals surface area contributed by atoms with Crippen LogP contribution in [-0.2, 0) is 9.84 Å². The monoisotopic (exact) mass is 390 g/mol. The molecule has 3 rings (SSSR count). The van der Waals surface area contributed by atoms with E-state index in [9.17, 15) is 13.2 Å². The molecule has 0 aliphatic carbocycles. The van der Waals surface area contributed by atoms with Crippen LogP contribution in [-0.4, -0.2) is 31.7 Å². The molecule has 1 aromatic heterocycles. The maximum atomic E-state index is 12.6. The van der Waals surface area contributed by atoms with Gasteiger partial charge in [0.25, 0.3) is 5.91 Å². The van der Waals surface area contributed by atoms with E-state index in [-0.39, 0.29) is 16.2 Å². The Labute approximate surface area is 155 Å². The standard InChI is InChI=1S/C18H18N2O4S2/c1-3-24-12-9-10-14-15(11-12)25-18(19-14)20-17(21)13-7-5-6-8-16(13)26(22,23)4-2/h5-11H,3-4H2,1-2H3,(H,19,20,21). The molecule has 8 heteroatoms. The second-order valence-electron chi connectivity index (χ2n) is 5.44.